The monoisotopic (exact) mass is 673 g/mol. The van der Waals surface area contributed by atoms with Gasteiger partial charge in [-0.05, 0) is 77.9 Å². The number of carbonyl (C=O) groups is 3. The summed E-state index contributed by atoms with van der Waals surface area (Å²) in [5.41, 5.74) is 6.31. The van der Waals surface area contributed by atoms with Gasteiger partial charge in [0, 0.05) is 30.6 Å². The Morgan fingerprint density at radius 3 is 2.06 bits per heavy atom. The van der Waals surface area contributed by atoms with Crippen molar-refractivity contribution in [2.75, 3.05) is 36.1 Å². The van der Waals surface area contributed by atoms with Crippen LogP contribution in [0.2, 0.25) is 5.02 Å². The maximum atomic E-state index is 14.3. The third kappa shape index (κ3) is 6.08. The molecule has 7 rings (SSSR count). The van der Waals surface area contributed by atoms with Gasteiger partial charge in [0.25, 0.3) is 11.8 Å². The van der Waals surface area contributed by atoms with Crippen LogP contribution in [0.3, 0.4) is 0 Å². The topological polar surface area (TPSA) is 88.2 Å². The van der Waals surface area contributed by atoms with Crippen LogP contribution in [0.25, 0.3) is 6.08 Å². The van der Waals surface area contributed by atoms with Gasteiger partial charge >= 0.3 is 6.03 Å². The Morgan fingerprint density at radius 1 is 0.878 bits per heavy atom. The van der Waals surface area contributed by atoms with Crippen molar-refractivity contribution in [1.82, 2.24) is 5.32 Å². The first-order valence-corrected chi connectivity index (χ1v) is 16.9. The molecular formula is C40H36ClN3O5. The van der Waals surface area contributed by atoms with Crippen LogP contribution >= 0.6 is 11.6 Å². The van der Waals surface area contributed by atoms with Crippen molar-refractivity contribution < 1.29 is 23.9 Å². The van der Waals surface area contributed by atoms with E-state index in [4.69, 9.17) is 21.1 Å². The van der Waals surface area contributed by atoms with Crippen LogP contribution in [-0.4, -0.2) is 44.1 Å². The molecular weight excluding hydrogens is 638 g/mol. The summed E-state index contributed by atoms with van der Waals surface area (Å²) in [5, 5.41) is 2.64. The third-order valence-electron chi connectivity index (χ3n) is 9.35. The predicted octanol–water partition coefficient (Wildman–Crippen LogP) is 7.85. The molecule has 0 radical (unpaired) electrons. The summed E-state index contributed by atoms with van der Waals surface area (Å²) < 4.78 is 11.5. The standard InChI is InChI=1S/C40H36ClN3O5/c1-3-19-49-37-34(41)21-25(22-35(37)48-4-2)20-33-38(45)42-40(47)44(39(33)46)28-23-31-29(26-11-7-5-8-12-26)15-17-43-18-16-30(32(24-28)36(31)43)27-13-9-6-10-14-27/h3,5-14,20-24,29-30H,1,4,15-19H2,2H3,(H,42,45,47)/b33-20+/t29-,30-/m0/s1. The molecule has 4 aromatic carbocycles. The minimum absolute atomic E-state index is 0.0706. The second-order valence-electron chi connectivity index (χ2n) is 12.3. The summed E-state index contributed by atoms with van der Waals surface area (Å²) in [7, 11) is 0. The molecule has 0 aliphatic carbocycles. The smallest absolute Gasteiger partial charge is 0.335 e. The molecule has 3 heterocycles. The maximum absolute atomic E-state index is 14.3. The molecule has 0 unspecified atom stereocenters. The Bertz CT molecular complexity index is 1900. The van der Waals surface area contributed by atoms with Gasteiger partial charge in [-0.2, -0.15) is 0 Å². The average Bonchev–Trinajstić information content (AvgIpc) is 3.11. The number of ether oxygens (including phenoxy) is 2. The van der Waals surface area contributed by atoms with Gasteiger partial charge in [0.15, 0.2) is 11.5 Å². The Kier molecular flexibility index (Phi) is 8.97. The third-order valence-corrected chi connectivity index (χ3v) is 9.63. The van der Waals surface area contributed by atoms with Crippen molar-refractivity contribution in [2.24, 2.45) is 0 Å². The van der Waals surface area contributed by atoms with Gasteiger partial charge in [-0.15, -0.1) is 0 Å². The highest BCUT2D eigenvalue weighted by Crippen LogP contribution is 2.50. The van der Waals surface area contributed by atoms with E-state index in [9.17, 15) is 14.4 Å². The summed E-state index contributed by atoms with van der Waals surface area (Å²) in [6.45, 7) is 7.89. The van der Waals surface area contributed by atoms with Crippen LogP contribution < -0.4 is 24.6 Å². The quantitative estimate of drug-likeness (QED) is 0.111. The van der Waals surface area contributed by atoms with E-state index in [0.29, 0.717) is 29.4 Å². The van der Waals surface area contributed by atoms with Crippen LogP contribution in [0.15, 0.2) is 103 Å². The number of amides is 4. The molecule has 1 fully saturated rings. The lowest BCUT2D eigenvalue weighted by molar-refractivity contribution is -0.122. The molecule has 4 amide bonds. The fourth-order valence-electron chi connectivity index (χ4n) is 7.24. The van der Waals surface area contributed by atoms with Crippen LogP contribution in [-0.2, 0) is 9.59 Å². The van der Waals surface area contributed by atoms with Crippen LogP contribution in [0, 0.1) is 0 Å². The summed E-state index contributed by atoms with van der Waals surface area (Å²) in [6, 6.07) is 27.0. The molecule has 2 atom stereocenters. The average molecular weight is 674 g/mol. The van der Waals surface area contributed by atoms with E-state index in [-0.39, 0.29) is 29.0 Å². The zero-order chi connectivity index (χ0) is 34.1. The van der Waals surface area contributed by atoms with Crippen molar-refractivity contribution in [2.45, 2.75) is 31.6 Å². The van der Waals surface area contributed by atoms with Crippen molar-refractivity contribution >= 4 is 46.9 Å². The van der Waals surface area contributed by atoms with Crippen LogP contribution in [0.5, 0.6) is 11.5 Å². The number of halogens is 1. The lowest BCUT2D eigenvalue weighted by atomic mass is 9.76. The predicted molar refractivity (Wildman–Crippen MR) is 192 cm³/mol. The van der Waals surface area contributed by atoms with Gasteiger partial charge in [-0.1, -0.05) is 84.9 Å². The first-order chi connectivity index (χ1) is 23.9. The fourth-order valence-corrected chi connectivity index (χ4v) is 7.52. The number of hydrogen-bond donors (Lipinski definition) is 1. The number of rotatable bonds is 9. The SMILES string of the molecule is C=CCOc1c(Cl)cc(/C=C2\C(=O)NC(=O)N(c3cc4c5c(c3)[C@H](c3ccccc3)CCN5CC[C@H]4c3ccccc3)C2=O)cc1OCC. The van der Waals surface area contributed by atoms with E-state index in [1.807, 2.05) is 55.5 Å². The van der Waals surface area contributed by atoms with E-state index in [1.54, 1.807) is 18.2 Å². The molecule has 1 N–H and O–H groups in total. The number of benzene rings is 4. The summed E-state index contributed by atoms with van der Waals surface area (Å²) in [5.74, 6) is -0.681. The molecule has 0 bridgehead atoms. The molecule has 9 heteroatoms. The first kappa shape index (κ1) is 32.2. The lowest BCUT2D eigenvalue weighted by Gasteiger charge is -2.44. The molecule has 0 spiro atoms. The Hall–Kier alpha value is -5.34. The second kappa shape index (κ2) is 13.6. The van der Waals surface area contributed by atoms with E-state index >= 15 is 0 Å². The number of nitrogens with zero attached hydrogens (tertiary/aromatic N) is 2. The van der Waals surface area contributed by atoms with Gasteiger partial charge < -0.3 is 14.4 Å². The van der Waals surface area contributed by atoms with E-state index in [1.165, 1.54) is 17.2 Å². The largest absolute Gasteiger partial charge is 0.490 e. The number of imide groups is 2. The van der Waals surface area contributed by atoms with Crippen molar-refractivity contribution in [3.05, 3.63) is 136 Å². The highest BCUT2D eigenvalue weighted by Gasteiger charge is 2.40. The van der Waals surface area contributed by atoms with Crippen LogP contribution in [0.4, 0.5) is 16.2 Å². The zero-order valence-electron chi connectivity index (χ0n) is 27.2. The summed E-state index contributed by atoms with van der Waals surface area (Å²) in [6.07, 6.45) is 4.81. The minimum Gasteiger partial charge on any atom is -0.490 e. The van der Waals surface area contributed by atoms with Gasteiger partial charge in [0.2, 0.25) is 0 Å². The summed E-state index contributed by atoms with van der Waals surface area (Å²) in [4.78, 5) is 44.6. The number of nitrogens with one attached hydrogen (secondary N) is 1. The van der Waals surface area contributed by atoms with Crippen molar-refractivity contribution in [3.8, 4) is 11.5 Å². The molecule has 3 aliphatic rings. The van der Waals surface area contributed by atoms with E-state index in [2.05, 4.69) is 41.1 Å². The van der Waals surface area contributed by atoms with Gasteiger partial charge in [0.05, 0.1) is 17.3 Å². The van der Waals surface area contributed by atoms with Gasteiger partial charge in [0.1, 0.15) is 12.2 Å². The fraction of sp³-hybridized carbons (Fsp3) is 0.225. The van der Waals surface area contributed by atoms with E-state index in [0.717, 1.165) is 47.6 Å². The minimum atomic E-state index is -0.795. The number of carbonyl (C=O) groups excluding carboxylic acids is 3. The number of hydrogen-bond acceptors (Lipinski definition) is 6. The van der Waals surface area contributed by atoms with Gasteiger partial charge in [-0.3, -0.25) is 14.9 Å². The molecule has 0 aromatic heterocycles. The lowest BCUT2D eigenvalue weighted by Crippen LogP contribution is -2.54. The first-order valence-electron chi connectivity index (χ1n) is 16.5. The molecule has 49 heavy (non-hydrogen) atoms. The number of anilines is 2. The zero-order valence-corrected chi connectivity index (χ0v) is 27.9. The number of barbiturate groups is 1. The van der Waals surface area contributed by atoms with Crippen LogP contribution in [0.1, 0.15) is 59.4 Å². The molecule has 3 aliphatic heterocycles. The van der Waals surface area contributed by atoms with Crippen molar-refractivity contribution in [1.29, 1.82) is 0 Å². The van der Waals surface area contributed by atoms with E-state index < -0.39 is 17.8 Å². The molecule has 0 saturated carbocycles. The molecule has 8 nitrogen and oxygen atoms in total. The second-order valence-corrected chi connectivity index (χ2v) is 12.7. The molecule has 1 saturated heterocycles. The molecule has 4 aromatic rings. The highest BCUT2D eigenvalue weighted by molar-refractivity contribution is 6.39. The Morgan fingerprint density at radius 2 is 1.49 bits per heavy atom. The van der Waals surface area contributed by atoms with Crippen molar-refractivity contribution in [3.63, 3.8) is 0 Å². The summed E-state index contributed by atoms with van der Waals surface area (Å²) >= 11 is 6.57. The van der Waals surface area contributed by atoms with Gasteiger partial charge in [-0.25, -0.2) is 9.69 Å². The Labute approximate surface area is 290 Å². The number of urea groups is 1. The Balaban J connectivity index is 1.35. The molecule has 248 valence electrons. The highest BCUT2D eigenvalue weighted by atomic mass is 35.5. The normalized spacial score (nSPS) is 19.4. The maximum Gasteiger partial charge on any atom is 0.335 e.